The lowest BCUT2D eigenvalue weighted by Crippen LogP contribution is -1.97. The average molecular weight is 750 g/mol. The van der Waals surface area contributed by atoms with Gasteiger partial charge in [0.05, 0.1) is 38.8 Å². The Hall–Kier alpha value is -7.88. The first-order valence-corrected chi connectivity index (χ1v) is 20.4. The van der Waals surface area contributed by atoms with Crippen LogP contribution in [-0.4, -0.2) is 13.7 Å². The molecule has 0 aliphatic rings. The van der Waals surface area contributed by atoms with E-state index in [0.717, 1.165) is 5.69 Å². The van der Waals surface area contributed by atoms with Crippen molar-refractivity contribution in [2.75, 3.05) is 0 Å². The first kappa shape index (κ1) is 32.2. The van der Waals surface area contributed by atoms with E-state index in [4.69, 9.17) is 0 Å². The maximum atomic E-state index is 2.49. The summed E-state index contributed by atoms with van der Waals surface area (Å²) in [5, 5.41) is 12.6. The fraction of sp³-hybridized carbons (Fsp3) is 0. The largest absolute Gasteiger partial charge is 0.309 e. The fourth-order valence-corrected chi connectivity index (χ4v) is 10.1. The van der Waals surface area contributed by atoms with E-state index in [1.54, 1.807) is 0 Å². The standard InChI is InChI=1S/C56H35N3/c1-2-15-39(16-3-1)57-49-23-11-8-20-44(49)46-31-28-37(34-53(46)57)36-26-29-40(30-27-36)58-50-24-12-9-21-45(50)47-32-33-52-55(56(47)58)48-22-10-13-25-51(48)59(52)54-35-38-14-4-5-17-41(38)42-18-6-7-19-43(42)54/h1-35H. The highest BCUT2D eigenvalue weighted by Gasteiger charge is 2.22. The van der Waals surface area contributed by atoms with Crippen LogP contribution in [0.3, 0.4) is 0 Å². The zero-order valence-corrected chi connectivity index (χ0v) is 32.0. The van der Waals surface area contributed by atoms with Crippen molar-refractivity contribution in [2.45, 2.75) is 0 Å². The second-order valence-corrected chi connectivity index (χ2v) is 15.7. The lowest BCUT2D eigenvalue weighted by atomic mass is 10.00. The molecule has 0 atom stereocenters. The number of aromatic nitrogens is 3. The van der Waals surface area contributed by atoms with E-state index in [-0.39, 0.29) is 0 Å². The molecule has 0 amide bonds. The smallest absolute Gasteiger partial charge is 0.0641 e. The molecule has 3 nitrogen and oxygen atoms in total. The van der Waals surface area contributed by atoms with E-state index in [1.807, 2.05) is 0 Å². The first-order valence-electron chi connectivity index (χ1n) is 20.4. The number of para-hydroxylation sites is 4. The highest BCUT2D eigenvalue weighted by molar-refractivity contribution is 6.27. The Bertz CT molecular complexity index is 3820. The third-order valence-corrected chi connectivity index (χ3v) is 12.6. The van der Waals surface area contributed by atoms with Crippen LogP contribution in [0.4, 0.5) is 0 Å². The Balaban J connectivity index is 1.04. The predicted molar refractivity (Wildman–Crippen MR) is 250 cm³/mol. The monoisotopic (exact) mass is 749 g/mol. The minimum Gasteiger partial charge on any atom is -0.309 e. The molecule has 0 spiro atoms. The molecule has 0 radical (unpaired) electrons. The maximum Gasteiger partial charge on any atom is 0.0641 e. The Morgan fingerprint density at radius 3 is 1.54 bits per heavy atom. The number of benzene rings is 10. The van der Waals surface area contributed by atoms with E-state index >= 15 is 0 Å². The molecule has 13 rings (SSSR count). The maximum absolute atomic E-state index is 2.49. The van der Waals surface area contributed by atoms with E-state index < -0.39 is 0 Å². The number of hydrogen-bond acceptors (Lipinski definition) is 0. The van der Waals surface area contributed by atoms with Gasteiger partial charge < -0.3 is 13.7 Å². The van der Waals surface area contributed by atoms with Gasteiger partial charge in [0.1, 0.15) is 0 Å². The van der Waals surface area contributed by atoms with Crippen LogP contribution in [-0.2, 0) is 0 Å². The molecule has 0 saturated carbocycles. The highest BCUT2D eigenvalue weighted by Crippen LogP contribution is 2.44. The topological polar surface area (TPSA) is 14.8 Å². The van der Waals surface area contributed by atoms with Gasteiger partial charge in [0.25, 0.3) is 0 Å². The van der Waals surface area contributed by atoms with E-state index in [9.17, 15) is 0 Å². The zero-order chi connectivity index (χ0) is 38.6. The summed E-state index contributed by atoms with van der Waals surface area (Å²) in [6.07, 6.45) is 0. The van der Waals surface area contributed by atoms with Crippen LogP contribution in [0.2, 0.25) is 0 Å². The summed E-state index contributed by atoms with van der Waals surface area (Å²) in [5.74, 6) is 0. The molecule has 13 aromatic rings. The molecule has 59 heavy (non-hydrogen) atoms. The number of fused-ring (bicyclic) bond motifs is 13. The molecular weight excluding hydrogens is 715 g/mol. The summed E-state index contributed by atoms with van der Waals surface area (Å²) >= 11 is 0. The number of nitrogens with zero attached hydrogens (tertiary/aromatic N) is 3. The molecule has 0 fully saturated rings. The predicted octanol–water partition coefficient (Wildman–Crippen LogP) is 15.0. The Labute approximate surface area is 339 Å². The van der Waals surface area contributed by atoms with Crippen LogP contribution in [0.1, 0.15) is 0 Å². The van der Waals surface area contributed by atoms with Crippen molar-refractivity contribution in [3.05, 3.63) is 212 Å². The lowest BCUT2D eigenvalue weighted by molar-refractivity contribution is 1.18. The van der Waals surface area contributed by atoms with Crippen LogP contribution in [0.5, 0.6) is 0 Å². The van der Waals surface area contributed by atoms with Crippen LogP contribution in [0.25, 0.3) is 115 Å². The van der Waals surface area contributed by atoms with Gasteiger partial charge in [-0.05, 0) is 87.9 Å². The molecule has 0 aliphatic carbocycles. The van der Waals surface area contributed by atoms with Crippen LogP contribution in [0, 0.1) is 0 Å². The molecule has 0 saturated heterocycles. The van der Waals surface area contributed by atoms with Crippen LogP contribution >= 0.6 is 0 Å². The van der Waals surface area contributed by atoms with Gasteiger partial charge >= 0.3 is 0 Å². The molecular formula is C56H35N3. The Morgan fingerprint density at radius 1 is 0.254 bits per heavy atom. The van der Waals surface area contributed by atoms with Crippen molar-refractivity contribution in [3.63, 3.8) is 0 Å². The minimum absolute atomic E-state index is 1.14. The summed E-state index contributed by atoms with van der Waals surface area (Å²) in [7, 11) is 0. The zero-order valence-electron chi connectivity index (χ0n) is 32.0. The van der Waals surface area contributed by atoms with Crippen molar-refractivity contribution in [3.8, 4) is 28.2 Å². The molecule has 274 valence electrons. The highest BCUT2D eigenvalue weighted by atomic mass is 15.0. The van der Waals surface area contributed by atoms with Gasteiger partial charge in [-0.3, -0.25) is 0 Å². The van der Waals surface area contributed by atoms with Gasteiger partial charge in [-0.1, -0.05) is 152 Å². The molecule has 3 heterocycles. The van der Waals surface area contributed by atoms with Gasteiger partial charge in [-0.15, -0.1) is 0 Å². The lowest BCUT2D eigenvalue weighted by Gasteiger charge is -2.14. The molecule has 0 aliphatic heterocycles. The molecule has 0 bridgehead atoms. The summed E-state index contributed by atoms with van der Waals surface area (Å²) in [6.45, 7) is 0. The first-order chi connectivity index (χ1) is 29.3. The molecule has 10 aromatic carbocycles. The molecule has 0 unspecified atom stereocenters. The van der Waals surface area contributed by atoms with Gasteiger partial charge in [-0.2, -0.15) is 0 Å². The molecule has 0 N–H and O–H groups in total. The van der Waals surface area contributed by atoms with Crippen molar-refractivity contribution in [1.82, 2.24) is 13.7 Å². The Morgan fingerprint density at radius 2 is 0.780 bits per heavy atom. The van der Waals surface area contributed by atoms with Crippen molar-refractivity contribution < 1.29 is 0 Å². The van der Waals surface area contributed by atoms with Crippen molar-refractivity contribution >= 4 is 87.0 Å². The SMILES string of the molecule is c1ccc(-n2c3ccccc3c3ccc(-c4ccc(-n5c6ccccc6c6ccc7c(c8ccccc8n7-c7cc8ccccc8c8ccccc78)c65)cc4)cc32)cc1. The fourth-order valence-electron chi connectivity index (χ4n) is 10.1. The van der Waals surface area contributed by atoms with Crippen molar-refractivity contribution in [2.24, 2.45) is 0 Å². The van der Waals surface area contributed by atoms with Crippen LogP contribution in [0.15, 0.2) is 212 Å². The summed E-state index contributed by atoms with van der Waals surface area (Å²) < 4.78 is 7.38. The van der Waals surface area contributed by atoms with Gasteiger partial charge in [-0.25, -0.2) is 0 Å². The summed E-state index contributed by atoms with van der Waals surface area (Å²) in [5.41, 5.74) is 13.1. The second-order valence-electron chi connectivity index (χ2n) is 15.7. The van der Waals surface area contributed by atoms with Gasteiger partial charge in [0.15, 0.2) is 0 Å². The van der Waals surface area contributed by atoms with E-state index in [1.165, 1.54) is 109 Å². The Kier molecular flexibility index (Phi) is 6.72. The minimum atomic E-state index is 1.14. The number of rotatable bonds is 4. The normalized spacial score (nSPS) is 12.1. The quantitative estimate of drug-likeness (QED) is 0.159. The average Bonchev–Trinajstić information content (AvgIpc) is 3.94. The summed E-state index contributed by atoms with van der Waals surface area (Å²) in [6, 6.07) is 77.9. The number of hydrogen-bond donors (Lipinski definition) is 0. The molecule has 3 aromatic heterocycles. The van der Waals surface area contributed by atoms with E-state index in [2.05, 4.69) is 226 Å². The van der Waals surface area contributed by atoms with Gasteiger partial charge in [0, 0.05) is 49.1 Å². The van der Waals surface area contributed by atoms with Gasteiger partial charge in [0.2, 0.25) is 0 Å². The third kappa shape index (κ3) is 4.58. The molecule has 3 heteroatoms. The van der Waals surface area contributed by atoms with Crippen molar-refractivity contribution in [1.29, 1.82) is 0 Å². The third-order valence-electron chi connectivity index (χ3n) is 12.6. The second kappa shape index (κ2) is 12.3. The summed E-state index contributed by atoms with van der Waals surface area (Å²) in [4.78, 5) is 0. The van der Waals surface area contributed by atoms with Crippen LogP contribution < -0.4 is 0 Å². The van der Waals surface area contributed by atoms with E-state index in [0.29, 0.717) is 0 Å².